The van der Waals surface area contributed by atoms with Crippen molar-refractivity contribution in [3.8, 4) is 40.2 Å². The van der Waals surface area contributed by atoms with Gasteiger partial charge in [0.25, 0.3) is 24.8 Å². The Kier molecular flexibility index (Phi) is 23.3. The van der Waals surface area contributed by atoms with E-state index in [4.69, 9.17) is 37.0 Å². The molecule has 98 heavy (non-hydrogen) atoms. The van der Waals surface area contributed by atoms with Crippen LogP contribution in [0.25, 0.3) is 0 Å². The lowest BCUT2D eigenvalue weighted by atomic mass is 9.74. The van der Waals surface area contributed by atoms with Gasteiger partial charge in [0.05, 0.1) is 28.4 Å². The summed E-state index contributed by atoms with van der Waals surface area (Å²) in [5.41, 5.74) is -6.53. The van der Waals surface area contributed by atoms with Crippen LogP contribution in [0.1, 0.15) is 125 Å². The molecule has 3 N–H and O–H groups in total. The van der Waals surface area contributed by atoms with E-state index in [1.54, 1.807) is 68.4 Å². The molecule has 0 spiro atoms. The molecule has 0 fully saturated rings. The molecule has 512 valence electrons. The lowest BCUT2D eigenvalue weighted by Gasteiger charge is -2.34. The van der Waals surface area contributed by atoms with Crippen LogP contribution in [0.3, 0.4) is 0 Å². The van der Waals surface area contributed by atoms with Gasteiger partial charge in [-0.2, -0.15) is 26.3 Å². The number of hydrogen-bond acceptors (Lipinski definition) is 15. The van der Waals surface area contributed by atoms with Crippen LogP contribution in [-0.4, -0.2) is 103 Å². The number of nitrogens with one attached hydrogen (secondary N) is 2. The highest BCUT2D eigenvalue weighted by Gasteiger charge is 2.55. The van der Waals surface area contributed by atoms with Gasteiger partial charge in [0, 0.05) is 76.2 Å². The molecule has 2 amide bonds. The van der Waals surface area contributed by atoms with Crippen molar-refractivity contribution in [2.24, 2.45) is 0 Å². The van der Waals surface area contributed by atoms with Crippen molar-refractivity contribution >= 4 is 56.8 Å². The molecule has 0 aliphatic rings. The zero-order valence-electron chi connectivity index (χ0n) is 54.3. The maximum absolute atomic E-state index is 15.5. The zero-order chi connectivity index (χ0) is 71.3. The molecule has 0 saturated heterocycles. The Morgan fingerprint density at radius 3 is 1.51 bits per heavy atom. The van der Waals surface area contributed by atoms with Crippen LogP contribution in [0, 0.1) is 6.92 Å². The molecular formula is C73H68F6N2O16Si. The number of carboxylic acid groups (broad SMARTS) is 1. The van der Waals surface area contributed by atoms with Gasteiger partial charge in [-0.3, -0.25) is 28.8 Å². The Labute approximate surface area is 561 Å². The van der Waals surface area contributed by atoms with Crippen LogP contribution < -0.4 is 34.3 Å². The van der Waals surface area contributed by atoms with Gasteiger partial charge < -0.3 is 52.7 Å². The summed E-state index contributed by atoms with van der Waals surface area (Å²) in [6, 6.07) is 38.3. The van der Waals surface area contributed by atoms with E-state index in [1.165, 1.54) is 69.9 Å². The smallest absolute Gasteiger partial charge is 0.491 e. The molecule has 25 heteroatoms. The first-order valence-corrected chi connectivity index (χ1v) is 32.3. The normalized spacial score (nSPS) is 12.9. The summed E-state index contributed by atoms with van der Waals surface area (Å²) in [5, 5.41) is 15.1. The molecule has 2 unspecified atom stereocenters. The highest BCUT2D eigenvalue weighted by Crippen LogP contribution is 2.49. The number of hydrogen-bond donors (Lipinski definition) is 3. The van der Waals surface area contributed by atoms with E-state index in [2.05, 4.69) is 10.6 Å². The third-order valence-electron chi connectivity index (χ3n) is 16.5. The van der Waals surface area contributed by atoms with E-state index in [0.717, 1.165) is 79.6 Å². The maximum Gasteiger partial charge on any atom is 0.500 e. The van der Waals surface area contributed by atoms with Gasteiger partial charge >= 0.3 is 27.1 Å². The van der Waals surface area contributed by atoms with E-state index in [0.29, 0.717) is 11.3 Å². The number of amides is 2. The third kappa shape index (κ3) is 17.0. The molecule has 2 atom stereocenters. The molecular weight excluding hydrogens is 1300 g/mol. The van der Waals surface area contributed by atoms with Crippen molar-refractivity contribution in [1.29, 1.82) is 0 Å². The number of carboxylic acids is 1. The number of rotatable bonds is 31. The van der Waals surface area contributed by atoms with Crippen molar-refractivity contribution in [2.75, 3.05) is 33.2 Å². The van der Waals surface area contributed by atoms with Crippen LogP contribution >= 0.6 is 0 Å². The molecule has 18 nitrogen and oxygen atoms in total. The SMILES string of the molecule is CO[Si](CCCNC(=O)c1cc(C(C)(c2ccc(C(=O)Cc3ccc(Oc4cc(Oc5ccc(NC(=O)c6cc(C(C)(c7ccc(C(=O)Cc8ccc(C)cc8)cc7)C(F)(F)F)ccc6OC=O)cc5)cc(OC(C)C)c4)cc3)c(OC=O)c2)C(F)(F)F)ccc1C(=O)O)(OC)OC. The lowest BCUT2D eigenvalue weighted by molar-refractivity contribution is -0.173. The number of anilines is 1. The fraction of sp³-hybridized carbons (Fsp3) is 0.247. The van der Waals surface area contributed by atoms with Crippen molar-refractivity contribution in [2.45, 2.75) is 89.2 Å². The Bertz CT molecular complexity index is 4210. The number of alkyl halides is 6. The number of benzene rings is 8. The molecule has 0 aromatic heterocycles. The van der Waals surface area contributed by atoms with Gasteiger partial charge in [-0.1, -0.05) is 84.4 Å². The summed E-state index contributed by atoms with van der Waals surface area (Å²) in [6.07, 6.45) is -10.4. The second-order valence-electron chi connectivity index (χ2n) is 23.2. The Balaban J connectivity index is 0.951. The van der Waals surface area contributed by atoms with Crippen molar-refractivity contribution in [3.05, 3.63) is 237 Å². The second-order valence-corrected chi connectivity index (χ2v) is 26.3. The third-order valence-corrected chi connectivity index (χ3v) is 19.3. The molecule has 8 rings (SSSR count). The van der Waals surface area contributed by atoms with Crippen molar-refractivity contribution in [1.82, 2.24) is 5.32 Å². The van der Waals surface area contributed by atoms with Crippen LogP contribution in [0.2, 0.25) is 6.04 Å². The minimum Gasteiger partial charge on any atom is -0.491 e. The van der Waals surface area contributed by atoms with Crippen molar-refractivity contribution < 1.29 is 102 Å². The summed E-state index contributed by atoms with van der Waals surface area (Å²) in [6.45, 7) is 7.19. The zero-order valence-corrected chi connectivity index (χ0v) is 55.3. The molecule has 0 aliphatic carbocycles. The van der Waals surface area contributed by atoms with Crippen LogP contribution in [-0.2, 0) is 46.5 Å². The van der Waals surface area contributed by atoms with E-state index >= 15 is 26.3 Å². The minimum atomic E-state index is -5.12. The van der Waals surface area contributed by atoms with Crippen LogP contribution in [0.15, 0.2) is 170 Å². The summed E-state index contributed by atoms with van der Waals surface area (Å²) in [4.78, 5) is 90.1. The van der Waals surface area contributed by atoms with E-state index in [-0.39, 0.29) is 113 Å². The fourth-order valence-corrected chi connectivity index (χ4v) is 12.5. The summed E-state index contributed by atoms with van der Waals surface area (Å²) >= 11 is 0. The second kappa shape index (κ2) is 31.2. The van der Waals surface area contributed by atoms with Gasteiger partial charge in [0.15, 0.2) is 11.6 Å². The molecule has 0 bridgehead atoms. The number of carbonyl (C=O) groups excluding carboxylic acids is 6. The molecule has 0 aliphatic heterocycles. The number of aryl methyl sites for hydroxylation is 1. The monoisotopic (exact) mass is 1370 g/mol. The van der Waals surface area contributed by atoms with E-state index in [9.17, 15) is 38.7 Å². The summed E-state index contributed by atoms with van der Waals surface area (Å²) in [7, 11) is 1.14. The van der Waals surface area contributed by atoms with Crippen molar-refractivity contribution in [3.63, 3.8) is 0 Å². The maximum atomic E-state index is 15.5. The first-order valence-electron chi connectivity index (χ1n) is 30.3. The topological polar surface area (TPSA) is 238 Å². The van der Waals surface area contributed by atoms with Gasteiger partial charge in [-0.05, 0) is 147 Å². The molecule has 8 aromatic carbocycles. The van der Waals surface area contributed by atoms with Crippen LogP contribution in [0.5, 0.6) is 40.2 Å². The standard InChI is InChI=1S/C73H68F6N2O16Si/c1-44(2)95-56-39-57(41-58(40-56)97-55-27-23-53(24-28-55)81-68(87)62-37-51(22-31-65(62)93-42-82)70(4,72(74,75)76)49-18-16-48(17-19-49)63(84)34-46-12-10-45(3)11-13-46)96-54-25-14-47(15-26-54)35-64(85)60-30-21-52(38-66(60)94-43-83)71(5,73(77,78)79)50-20-29-59(69(88)89)61(36-50)67(86)80-32-9-33-98(90-6,91-7)92-8/h10-31,36-44H,9,32-35H2,1-8H3,(H,80,86)(H,81,87)(H,88,89). The van der Waals surface area contributed by atoms with E-state index in [1.807, 2.05) is 19.1 Å². The highest BCUT2D eigenvalue weighted by atomic mass is 28.4. The van der Waals surface area contributed by atoms with Gasteiger partial charge in [0.1, 0.15) is 51.1 Å². The first-order chi connectivity index (χ1) is 46.5. The average Bonchev–Trinajstić information content (AvgIpc) is 0.753. The summed E-state index contributed by atoms with van der Waals surface area (Å²) < 4.78 is 137. The Morgan fingerprint density at radius 2 is 0.980 bits per heavy atom. The average molecular weight is 1370 g/mol. The molecule has 0 radical (unpaired) electrons. The predicted octanol–water partition coefficient (Wildman–Crippen LogP) is 15.0. The minimum absolute atomic E-state index is 0.0381. The number of halogens is 6. The van der Waals surface area contributed by atoms with Gasteiger partial charge in [-0.15, -0.1) is 0 Å². The molecule has 8 aromatic rings. The predicted molar refractivity (Wildman–Crippen MR) is 350 cm³/mol. The van der Waals surface area contributed by atoms with E-state index < -0.39 is 89.1 Å². The Morgan fingerprint density at radius 1 is 0.510 bits per heavy atom. The van der Waals surface area contributed by atoms with Gasteiger partial charge in [0.2, 0.25) is 0 Å². The molecule has 0 saturated carbocycles. The number of Topliss-reactive ketones (excluding diaryl/α,β-unsaturated/α-hetero) is 2. The quantitative estimate of drug-likeness (QED) is 0.0120. The Hall–Kier alpha value is -10.5. The summed E-state index contributed by atoms with van der Waals surface area (Å²) in [5.74, 6) is -3.90. The number of ether oxygens (including phenoxy) is 5. The lowest BCUT2D eigenvalue weighted by Crippen LogP contribution is -2.43. The number of aromatic carboxylic acids is 1. The first kappa shape index (κ1) is 73.3. The fourth-order valence-electron chi connectivity index (χ4n) is 10.8. The van der Waals surface area contributed by atoms with Crippen LogP contribution in [0.4, 0.5) is 32.0 Å². The van der Waals surface area contributed by atoms with Gasteiger partial charge in [-0.25, -0.2) is 4.79 Å². The number of carbonyl (C=O) groups is 7. The number of ketones is 2. The molecule has 0 heterocycles. The largest absolute Gasteiger partial charge is 0.500 e. The highest BCUT2D eigenvalue weighted by molar-refractivity contribution is 6.60.